The first-order valence-corrected chi connectivity index (χ1v) is 7.37. The summed E-state index contributed by atoms with van der Waals surface area (Å²) in [5.41, 5.74) is 0.377. The average Bonchev–Trinajstić information content (AvgIpc) is 2.26. The van der Waals surface area contributed by atoms with Gasteiger partial charge in [0.1, 0.15) is 0 Å². The van der Waals surface area contributed by atoms with Crippen LogP contribution in [0.2, 0.25) is 0 Å². The molecule has 1 saturated carbocycles. The van der Waals surface area contributed by atoms with Crippen molar-refractivity contribution in [2.24, 2.45) is 11.3 Å². The SMILES string of the molecule is COCCNC(=O)C(C)NC1CC(C)CC(C)(C)C1. The molecule has 1 aliphatic rings. The maximum atomic E-state index is 11.9. The van der Waals surface area contributed by atoms with Gasteiger partial charge in [-0.1, -0.05) is 20.8 Å². The van der Waals surface area contributed by atoms with E-state index in [9.17, 15) is 4.79 Å². The second-order valence-electron chi connectivity index (χ2n) is 6.78. The lowest BCUT2D eigenvalue weighted by Gasteiger charge is -2.40. The van der Waals surface area contributed by atoms with Crippen LogP contribution in [0.25, 0.3) is 0 Å². The van der Waals surface area contributed by atoms with E-state index >= 15 is 0 Å². The summed E-state index contributed by atoms with van der Waals surface area (Å²) >= 11 is 0. The van der Waals surface area contributed by atoms with E-state index in [0.29, 0.717) is 24.6 Å². The van der Waals surface area contributed by atoms with E-state index in [2.05, 4.69) is 31.4 Å². The van der Waals surface area contributed by atoms with Crippen LogP contribution in [0, 0.1) is 11.3 Å². The molecule has 1 amide bonds. The molecule has 1 rings (SSSR count). The Kier molecular flexibility index (Phi) is 6.27. The van der Waals surface area contributed by atoms with Crippen LogP contribution in [0.4, 0.5) is 0 Å². The summed E-state index contributed by atoms with van der Waals surface area (Å²) in [6.45, 7) is 10.0. The van der Waals surface area contributed by atoms with Crippen molar-refractivity contribution in [2.45, 2.75) is 59.0 Å². The van der Waals surface area contributed by atoms with Crippen LogP contribution < -0.4 is 10.6 Å². The van der Waals surface area contributed by atoms with E-state index < -0.39 is 0 Å². The first-order chi connectivity index (χ1) is 8.84. The lowest BCUT2D eigenvalue weighted by molar-refractivity contribution is -0.123. The third kappa shape index (κ3) is 5.91. The number of rotatable bonds is 6. The largest absolute Gasteiger partial charge is 0.383 e. The molecule has 0 spiro atoms. The summed E-state index contributed by atoms with van der Waals surface area (Å²) in [5, 5.41) is 6.36. The van der Waals surface area contributed by atoms with Crippen LogP contribution in [-0.2, 0) is 9.53 Å². The Balaban J connectivity index is 2.38. The number of ether oxygens (including phenoxy) is 1. The highest BCUT2D eigenvalue weighted by molar-refractivity contribution is 5.81. The average molecular weight is 270 g/mol. The molecule has 112 valence electrons. The van der Waals surface area contributed by atoms with Crippen LogP contribution in [0.1, 0.15) is 47.0 Å². The molecule has 1 aliphatic carbocycles. The molecular formula is C15H30N2O2. The number of nitrogens with one attached hydrogen (secondary N) is 2. The van der Waals surface area contributed by atoms with Crippen molar-refractivity contribution >= 4 is 5.91 Å². The predicted octanol–water partition coefficient (Wildman–Crippen LogP) is 1.94. The maximum absolute atomic E-state index is 11.9. The fourth-order valence-corrected chi connectivity index (χ4v) is 3.33. The van der Waals surface area contributed by atoms with Gasteiger partial charge in [-0.05, 0) is 37.5 Å². The Morgan fingerprint density at radius 3 is 2.68 bits per heavy atom. The molecule has 0 aromatic heterocycles. The summed E-state index contributed by atoms with van der Waals surface area (Å²) < 4.78 is 4.93. The molecule has 3 atom stereocenters. The van der Waals surface area contributed by atoms with Crippen LogP contribution in [-0.4, -0.2) is 38.3 Å². The number of hydrogen-bond donors (Lipinski definition) is 2. The first-order valence-electron chi connectivity index (χ1n) is 7.37. The zero-order chi connectivity index (χ0) is 14.5. The van der Waals surface area contributed by atoms with Gasteiger partial charge in [0.25, 0.3) is 0 Å². The van der Waals surface area contributed by atoms with Gasteiger partial charge in [0, 0.05) is 19.7 Å². The van der Waals surface area contributed by atoms with E-state index in [1.165, 1.54) is 12.8 Å². The summed E-state index contributed by atoms with van der Waals surface area (Å²) in [6, 6.07) is 0.310. The number of hydrogen-bond acceptors (Lipinski definition) is 3. The van der Waals surface area contributed by atoms with Crippen molar-refractivity contribution in [3.8, 4) is 0 Å². The van der Waals surface area contributed by atoms with E-state index in [0.717, 1.165) is 12.3 Å². The normalized spacial score (nSPS) is 27.8. The quantitative estimate of drug-likeness (QED) is 0.725. The third-order valence-corrected chi connectivity index (χ3v) is 3.87. The van der Waals surface area contributed by atoms with Gasteiger partial charge < -0.3 is 15.4 Å². The molecule has 2 N–H and O–H groups in total. The fourth-order valence-electron chi connectivity index (χ4n) is 3.33. The van der Waals surface area contributed by atoms with Gasteiger partial charge in [-0.25, -0.2) is 0 Å². The molecule has 0 aromatic rings. The number of methoxy groups -OCH3 is 1. The zero-order valence-electron chi connectivity index (χ0n) is 13.1. The first kappa shape index (κ1) is 16.4. The van der Waals surface area contributed by atoms with E-state index in [1.807, 2.05) is 6.92 Å². The third-order valence-electron chi connectivity index (χ3n) is 3.87. The smallest absolute Gasteiger partial charge is 0.236 e. The molecule has 0 aromatic carbocycles. The molecule has 0 saturated heterocycles. The second-order valence-corrected chi connectivity index (χ2v) is 6.78. The fraction of sp³-hybridized carbons (Fsp3) is 0.933. The lowest BCUT2D eigenvalue weighted by Crippen LogP contribution is -2.50. The van der Waals surface area contributed by atoms with Crippen molar-refractivity contribution in [3.05, 3.63) is 0 Å². The molecule has 3 unspecified atom stereocenters. The lowest BCUT2D eigenvalue weighted by atomic mass is 9.70. The van der Waals surface area contributed by atoms with Gasteiger partial charge in [-0.15, -0.1) is 0 Å². The molecule has 19 heavy (non-hydrogen) atoms. The van der Waals surface area contributed by atoms with E-state index in [1.54, 1.807) is 7.11 Å². The van der Waals surface area contributed by atoms with E-state index in [4.69, 9.17) is 4.74 Å². The van der Waals surface area contributed by atoms with Gasteiger partial charge in [0.05, 0.1) is 12.6 Å². The summed E-state index contributed by atoms with van der Waals surface area (Å²) in [4.78, 5) is 11.9. The van der Waals surface area contributed by atoms with Crippen LogP contribution in [0.5, 0.6) is 0 Å². The van der Waals surface area contributed by atoms with Gasteiger partial charge in [0.15, 0.2) is 0 Å². The van der Waals surface area contributed by atoms with Crippen molar-refractivity contribution < 1.29 is 9.53 Å². The standard InChI is InChI=1S/C15H30N2O2/c1-11-8-13(10-15(3,4)9-11)17-12(2)14(18)16-6-7-19-5/h11-13,17H,6-10H2,1-5H3,(H,16,18). The Morgan fingerprint density at radius 2 is 2.11 bits per heavy atom. The molecule has 0 heterocycles. The molecule has 0 radical (unpaired) electrons. The molecule has 1 fully saturated rings. The Morgan fingerprint density at radius 1 is 1.42 bits per heavy atom. The topological polar surface area (TPSA) is 50.4 Å². The van der Waals surface area contributed by atoms with Crippen molar-refractivity contribution in [1.82, 2.24) is 10.6 Å². The number of carbonyl (C=O) groups is 1. The molecule has 0 bridgehead atoms. The minimum Gasteiger partial charge on any atom is -0.383 e. The molecule has 4 nitrogen and oxygen atoms in total. The van der Waals surface area contributed by atoms with Gasteiger partial charge in [-0.3, -0.25) is 4.79 Å². The van der Waals surface area contributed by atoms with Crippen molar-refractivity contribution in [1.29, 1.82) is 0 Å². The van der Waals surface area contributed by atoms with Gasteiger partial charge in [0.2, 0.25) is 5.91 Å². The van der Waals surface area contributed by atoms with Crippen molar-refractivity contribution in [2.75, 3.05) is 20.3 Å². The molecule has 4 heteroatoms. The minimum atomic E-state index is -0.136. The molecular weight excluding hydrogens is 240 g/mol. The summed E-state index contributed by atoms with van der Waals surface area (Å²) in [6.07, 6.45) is 3.59. The van der Waals surface area contributed by atoms with Crippen molar-refractivity contribution in [3.63, 3.8) is 0 Å². The van der Waals surface area contributed by atoms with Gasteiger partial charge >= 0.3 is 0 Å². The van der Waals surface area contributed by atoms with Crippen LogP contribution in [0.3, 0.4) is 0 Å². The minimum absolute atomic E-state index is 0.0630. The maximum Gasteiger partial charge on any atom is 0.236 e. The Bertz CT molecular complexity index is 292. The Labute approximate surface area is 117 Å². The van der Waals surface area contributed by atoms with E-state index in [-0.39, 0.29) is 11.9 Å². The highest BCUT2D eigenvalue weighted by Gasteiger charge is 2.33. The zero-order valence-corrected chi connectivity index (χ0v) is 13.1. The summed E-state index contributed by atoms with van der Waals surface area (Å²) in [7, 11) is 1.64. The van der Waals surface area contributed by atoms with Crippen LogP contribution in [0.15, 0.2) is 0 Å². The number of carbonyl (C=O) groups excluding carboxylic acids is 1. The van der Waals surface area contributed by atoms with Gasteiger partial charge in [-0.2, -0.15) is 0 Å². The summed E-state index contributed by atoms with van der Waals surface area (Å²) in [5.74, 6) is 0.790. The number of amides is 1. The van der Waals surface area contributed by atoms with Crippen LogP contribution >= 0.6 is 0 Å². The molecule has 0 aliphatic heterocycles. The monoisotopic (exact) mass is 270 g/mol. The Hall–Kier alpha value is -0.610. The highest BCUT2D eigenvalue weighted by atomic mass is 16.5. The predicted molar refractivity (Wildman–Crippen MR) is 78.1 cm³/mol. The second kappa shape index (κ2) is 7.25. The highest BCUT2D eigenvalue weighted by Crippen LogP contribution is 2.38.